The Hall–Kier alpha value is -4.21. The molecule has 2 aromatic carbocycles. The third-order valence-corrected chi connectivity index (χ3v) is 7.12. The van der Waals surface area contributed by atoms with Gasteiger partial charge in [0, 0.05) is 44.9 Å². The number of ether oxygens (including phenoxy) is 2. The van der Waals surface area contributed by atoms with Crippen molar-refractivity contribution in [3.63, 3.8) is 0 Å². The molecule has 4 aromatic rings. The van der Waals surface area contributed by atoms with E-state index in [0.717, 1.165) is 48.5 Å². The fraction of sp³-hybridized carbons (Fsp3) is 0.400. The molecule has 40 heavy (non-hydrogen) atoms. The number of fused-ring (bicyclic) bond motifs is 1. The predicted octanol–water partition coefficient (Wildman–Crippen LogP) is 5.04. The van der Waals surface area contributed by atoms with Gasteiger partial charge in [0.1, 0.15) is 5.82 Å². The van der Waals surface area contributed by atoms with Gasteiger partial charge < -0.3 is 23.8 Å². The minimum Gasteiger partial charge on any atom is -0.440 e. The van der Waals surface area contributed by atoms with E-state index in [-0.39, 0.29) is 30.5 Å². The van der Waals surface area contributed by atoms with Gasteiger partial charge in [-0.2, -0.15) is 4.98 Å². The summed E-state index contributed by atoms with van der Waals surface area (Å²) in [4.78, 5) is 30.1. The van der Waals surface area contributed by atoms with Gasteiger partial charge in [0.25, 0.3) is 0 Å². The van der Waals surface area contributed by atoms with Crippen LogP contribution in [0.25, 0.3) is 11.0 Å². The third-order valence-electron chi connectivity index (χ3n) is 7.12. The van der Waals surface area contributed by atoms with Crippen LogP contribution in [0.2, 0.25) is 0 Å². The molecular formula is C30H35FN6O3. The molecule has 0 radical (unpaired) electrons. The number of piperidine rings is 1. The molecule has 0 atom stereocenters. The first-order valence-corrected chi connectivity index (χ1v) is 13.7. The monoisotopic (exact) mass is 546 g/mol. The number of esters is 1. The second-order valence-corrected chi connectivity index (χ2v) is 10.5. The van der Waals surface area contributed by atoms with Crippen LogP contribution in [0.3, 0.4) is 0 Å². The van der Waals surface area contributed by atoms with Crippen LogP contribution >= 0.6 is 0 Å². The topological polar surface area (TPSA) is 85.6 Å². The van der Waals surface area contributed by atoms with E-state index in [1.807, 2.05) is 51.2 Å². The lowest BCUT2D eigenvalue weighted by Crippen LogP contribution is -2.44. The molecule has 10 heteroatoms. The number of aromatic nitrogens is 4. The molecule has 9 nitrogen and oxygen atoms in total. The zero-order valence-corrected chi connectivity index (χ0v) is 23.2. The SMILES string of the molecule is CC(C)CC(=O)OCOc1ccnc(N(C)C2CCN(c3nc4ccccc4n3Cc3ccc(F)cc3)CC2)n1. The van der Waals surface area contributed by atoms with Crippen molar-refractivity contribution in [1.29, 1.82) is 0 Å². The smallest absolute Gasteiger partial charge is 0.308 e. The Kier molecular flexibility index (Phi) is 8.42. The Bertz CT molecular complexity index is 1430. The Morgan fingerprint density at radius 3 is 2.58 bits per heavy atom. The van der Waals surface area contributed by atoms with Crippen molar-refractivity contribution in [1.82, 2.24) is 19.5 Å². The average Bonchev–Trinajstić information content (AvgIpc) is 3.32. The summed E-state index contributed by atoms with van der Waals surface area (Å²) >= 11 is 0. The van der Waals surface area contributed by atoms with Gasteiger partial charge in [0.15, 0.2) is 0 Å². The summed E-state index contributed by atoms with van der Waals surface area (Å²) in [7, 11) is 1.99. The molecule has 0 unspecified atom stereocenters. The number of anilines is 2. The standard InChI is InChI=1S/C30H35FN6O3/c1-21(2)18-28(38)40-20-39-27-12-15-32-29(34-27)35(3)24-13-16-36(17-14-24)30-33-25-6-4-5-7-26(25)37(30)19-22-8-10-23(31)11-9-22/h4-12,15,21,24H,13-14,16-20H2,1-3H3. The summed E-state index contributed by atoms with van der Waals surface area (Å²) in [6.45, 7) is 6.01. The van der Waals surface area contributed by atoms with E-state index < -0.39 is 0 Å². The first kappa shape index (κ1) is 27.4. The predicted molar refractivity (Wildman–Crippen MR) is 152 cm³/mol. The van der Waals surface area contributed by atoms with Gasteiger partial charge in [-0.05, 0) is 48.6 Å². The summed E-state index contributed by atoms with van der Waals surface area (Å²) in [6.07, 6.45) is 3.80. The molecule has 1 saturated heterocycles. The Balaban J connectivity index is 1.23. The molecule has 0 aliphatic carbocycles. The minimum atomic E-state index is -0.292. The number of halogens is 1. The number of carbonyl (C=O) groups excluding carboxylic acids is 1. The van der Waals surface area contributed by atoms with E-state index in [9.17, 15) is 9.18 Å². The van der Waals surface area contributed by atoms with Crippen LogP contribution in [0.4, 0.5) is 16.3 Å². The molecule has 1 aliphatic heterocycles. The van der Waals surface area contributed by atoms with Crippen molar-refractivity contribution < 1.29 is 18.7 Å². The maximum absolute atomic E-state index is 13.5. The van der Waals surface area contributed by atoms with E-state index in [4.69, 9.17) is 14.5 Å². The van der Waals surface area contributed by atoms with E-state index >= 15 is 0 Å². The van der Waals surface area contributed by atoms with E-state index in [2.05, 4.69) is 30.4 Å². The van der Waals surface area contributed by atoms with Gasteiger partial charge in [-0.1, -0.05) is 38.1 Å². The van der Waals surface area contributed by atoms with E-state index in [1.165, 1.54) is 12.1 Å². The van der Waals surface area contributed by atoms with Gasteiger partial charge in [0.2, 0.25) is 24.6 Å². The maximum Gasteiger partial charge on any atom is 0.308 e. The molecule has 0 bridgehead atoms. The van der Waals surface area contributed by atoms with Crippen molar-refractivity contribution in [2.24, 2.45) is 5.92 Å². The van der Waals surface area contributed by atoms with Crippen LogP contribution in [-0.2, 0) is 16.1 Å². The highest BCUT2D eigenvalue weighted by Crippen LogP contribution is 2.28. The molecule has 0 N–H and O–H groups in total. The van der Waals surface area contributed by atoms with Crippen molar-refractivity contribution >= 4 is 28.9 Å². The van der Waals surface area contributed by atoms with Crippen LogP contribution < -0.4 is 14.5 Å². The number of hydrogen-bond acceptors (Lipinski definition) is 8. The number of rotatable bonds is 10. The largest absolute Gasteiger partial charge is 0.440 e. The number of benzene rings is 2. The average molecular weight is 547 g/mol. The van der Waals surface area contributed by atoms with Crippen molar-refractivity contribution in [2.45, 2.75) is 45.7 Å². The molecule has 0 spiro atoms. The van der Waals surface area contributed by atoms with Crippen LogP contribution in [0, 0.1) is 11.7 Å². The van der Waals surface area contributed by atoms with Crippen molar-refractivity contribution in [2.75, 3.05) is 36.7 Å². The zero-order chi connectivity index (χ0) is 28.1. The lowest BCUT2D eigenvalue weighted by Gasteiger charge is -2.37. The normalized spacial score (nSPS) is 14.1. The fourth-order valence-corrected chi connectivity index (χ4v) is 4.98. The van der Waals surface area contributed by atoms with Crippen LogP contribution in [0.15, 0.2) is 60.8 Å². The Morgan fingerprint density at radius 2 is 1.82 bits per heavy atom. The van der Waals surface area contributed by atoms with Gasteiger partial charge in [-0.25, -0.2) is 14.4 Å². The number of para-hydroxylation sites is 2. The molecule has 5 rings (SSSR count). The molecule has 2 aromatic heterocycles. The second kappa shape index (κ2) is 12.3. The van der Waals surface area contributed by atoms with Crippen molar-refractivity contribution in [3.8, 4) is 5.88 Å². The second-order valence-electron chi connectivity index (χ2n) is 10.5. The summed E-state index contributed by atoms with van der Waals surface area (Å²) in [5, 5.41) is 0. The summed E-state index contributed by atoms with van der Waals surface area (Å²) in [5.41, 5.74) is 3.02. The maximum atomic E-state index is 13.5. The number of imidazole rings is 1. The summed E-state index contributed by atoms with van der Waals surface area (Å²) in [6, 6.07) is 16.7. The molecule has 0 amide bonds. The molecule has 1 aliphatic rings. The summed E-state index contributed by atoms with van der Waals surface area (Å²) in [5.74, 6) is 1.54. The zero-order valence-electron chi connectivity index (χ0n) is 23.2. The van der Waals surface area contributed by atoms with Crippen LogP contribution in [-0.4, -0.2) is 58.5 Å². The molecule has 1 fully saturated rings. The number of carbonyl (C=O) groups is 1. The van der Waals surface area contributed by atoms with Gasteiger partial charge in [-0.15, -0.1) is 0 Å². The Labute approximate surface area is 233 Å². The van der Waals surface area contributed by atoms with E-state index in [0.29, 0.717) is 24.8 Å². The lowest BCUT2D eigenvalue weighted by molar-refractivity contribution is -0.151. The molecule has 0 saturated carbocycles. The van der Waals surface area contributed by atoms with Crippen LogP contribution in [0.5, 0.6) is 5.88 Å². The highest BCUT2D eigenvalue weighted by Gasteiger charge is 2.27. The first-order valence-electron chi connectivity index (χ1n) is 13.7. The molecular weight excluding hydrogens is 511 g/mol. The third kappa shape index (κ3) is 6.50. The Morgan fingerprint density at radius 1 is 1.07 bits per heavy atom. The van der Waals surface area contributed by atoms with Crippen LogP contribution in [0.1, 0.15) is 38.7 Å². The highest BCUT2D eigenvalue weighted by molar-refractivity contribution is 5.79. The summed E-state index contributed by atoms with van der Waals surface area (Å²) < 4.78 is 26.4. The lowest BCUT2D eigenvalue weighted by atomic mass is 10.0. The fourth-order valence-electron chi connectivity index (χ4n) is 4.98. The number of nitrogens with zero attached hydrogens (tertiary/aromatic N) is 6. The molecule has 3 heterocycles. The van der Waals surface area contributed by atoms with Gasteiger partial charge in [0.05, 0.1) is 17.6 Å². The molecule has 210 valence electrons. The van der Waals surface area contributed by atoms with Gasteiger partial charge in [-0.3, -0.25) is 4.79 Å². The first-order chi connectivity index (χ1) is 19.4. The van der Waals surface area contributed by atoms with E-state index in [1.54, 1.807) is 12.3 Å². The minimum absolute atomic E-state index is 0.178. The highest BCUT2D eigenvalue weighted by atomic mass is 19.1. The number of hydrogen-bond donors (Lipinski definition) is 0. The van der Waals surface area contributed by atoms with Gasteiger partial charge >= 0.3 is 5.97 Å². The quantitative estimate of drug-likeness (QED) is 0.202. The van der Waals surface area contributed by atoms with Crippen molar-refractivity contribution in [3.05, 3.63) is 72.2 Å².